The summed E-state index contributed by atoms with van der Waals surface area (Å²) < 4.78 is 0. The third kappa shape index (κ3) is 5.47. The Morgan fingerprint density at radius 2 is 1.72 bits per heavy atom. The van der Waals surface area contributed by atoms with Crippen LogP contribution in [0, 0.1) is 0 Å². The van der Waals surface area contributed by atoms with Crippen molar-refractivity contribution in [1.82, 2.24) is 9.80 Å². The van der Waals surface area contributed by atoms with Gasteiger partial charge in [0.05, 0.1) is 10.0 Å². The molecule has 3 nitrogen and oxygen atoms in total. The van der Waals surface area contributed by atoms with Gasteiger partial charge < -0.3 is 9.80 Å². The lowest BCUT2D eigenvalue weighted by Crippen LogP contribution is -2.43. The highest BCUT2D eigenvalue weighted by Crippen LogP contribution is 2.49. The molecule has 188 valence electrons. The van der Waals surface area contributed by atoms with E-state index in [0.717, 1.165) is 31.6 Å². The Balaban J connectivity index is 1.25. The van der Waals surface area contributed by atoms with Crippen molar-refractivity contribution in [3.63, 3.8) is 0 Å². The van der Waals surface area contributed by atoms with Crippen LogP contribution in [-0.4, -0.2) is 54.7 Å². The first kappa shape index (κ1) is 25.7. The average Bonchev–Trinajstić information content (AvgIpc) is 3.27. The van der Waals surface area contributed by atoms with Crippen LogP contribution in [0.2, 0.25) is 10.0 Å². The summed E-state index contributed by atoms with van der Waals surface area (Å²) in [5, 5.41) is 1.12. The summed E-state index contributed by atoms with van der Waals surface area (Å²) in [6.45, 7) is 3.86. The molecular formula is C30H32Cl2N2OS. The molecule has 0 aliphatic carbocycles. The molecule has 5 rings (SSSR count). The lowest BCUT2D eigenvalue weighted by Gasteiger charge is -2.40. The molecule has 0 saturated carbocycles. The van der Waals surface area contributed by atoms with Crippen LogP contribution in [0.1, 0.15) is 46.7 Å². The van der Waals surface area contributed by atoms with Crippen LogP contribution in [0.4, 0.5) is 0 Å². The van der Waals surface area contributed by atoms with Crippen molar-refractivity contribution in [2.75, 3.05) is 39.0 Å². The summed E-state index contributed by atoms with van der Waals surface area (Å²) in [5.41, 5.74) is 3.74. The Hall–Kier alpha value is -1.98. The van der Waals surface area contributed by atoms with Crippen molar-refractivity contribution in [2.45, 2.75) is 35.5 Å². The van der Waals surface area contributed by atoms with Crippen molar-refractivity contribution in [2.24, 2.45) is 0 Å². The Morgan fingerprint density at radius 3 is 2.47 bits per heavy atom. The Morgan fingerprint density at radius 1 is 1.00 bits per heavy atom. The highest BCUT2D eigenvalue weighted by atomic mass is 35.5. The van der Waals surface area contributed by atoms with E-state index in [4.69, 9.17) is 23.2 Å². The van der Waals surface area contributed by atoms with Crippen LogP contribution < -0.4 is 0 Å². The van der Waals surface area contributed by atoms with Crippen LogP contribution in [-0.2, 0) is 5.41 Å². The zero-order valence-corrected chi connectivity index (χ0v) is 23.0. The van der Waals surface area contributed by atoms with E-state index in [9.17, 15) is 4.79 Å². The van der Waals surface area contributed by atoms with Gasteiger partial charge >= 0.3 is 0 Å². The number of carbonyl (C=O) groups is 1. The van der Waals surface area contributed by atoms with Gasteiger partial charge in [-0.05, 0) is 80.4 Å². The first-order chi connectivity index (χ1) is 17.4. The molecule has 3 aromatic rings. The van der Waals surface area contributed by atoms with Crippen LogP contribution >= 0.6 is 35.0 Å². The molecule has 3 aromatic carbocycles. The molecule has 0 N–H and O–H groups in total. The molecule has 36 heavy (non-hydrogen) atoms. The summed E-state index contributed by atoms with van der Waals surface area (Å²) in [7, 11) is 1.89. The number of hydrogen-bond acceptors (Lipinski definition) is 3. The van der Waals surface area contributed by atoms with Gasteiger partial charge in [0.15, 0.2) is 0 Å². The second-order valence-corrected chi connectivity index (χ2v) is 11.9. The van der Waals surface area contributed by atoms with Crippen LogP contribution in [0.5, 0.6) is 0 Å². The van der Waals surface area contributed by atoms with Gasteiger partial charge in [0.2, 0.25) is 0 Å². The Kier molecular flexibility index (Phi) is 7.97. The maximum atomic E-state index is 13.0. The smallest absolute Gasteiger partial charge is 0.253 e. The monoisotopic (exact) mass is 538 g/mol. The SMILES string of the molecule is CN(C[C@@H](CCN1CCC2(CC1)CSc1ccccc12)c1ccc(Cl)c(Cl)c1)C(=O)c1ccccc1. The number of amides is 1. The van der Waals surface area contributed by atoms with Gasteiger partial charge in [0, 0.05) is 41.1 Å². The Bertz CT molecular complexity index is 1210. The first-order valence-corrected chi connectivity index (χ1v) is 14.4. The van der Waals surface area contributed by atoms with E-state index in [-0.39, 0.29) is 11.8 Å². The van der Waals surface area contributed by atoms with Gasteiger partial charge in [-0.25, -0.2) is 0 Å². The van der Waals surface area contributed by atoms with Crippen molar-refractivity contribution < 1.29 is 4.79 Å². The standard InChI is InChI=1S/C30H32Cl2N2OS/c1-33(29(35)22-7-3-2-4-8-22)20-24(23-11-12-26(31)27(32)19-23)13-16-34-17-14-30(15-18-34)21-36-28-10-6-5-9-25(28)30/h2-12,19,24H,13-18,20-21H2,1H3/t24-/m1/s1. The molecule has 0 bridgehead atoms. The molecule has 1 fully saturated rings. The fraction of sp³-hybridized carbons (Fsp3) is 0.367. The minimum Gasteiger partial charge on any atom is -0.341 e. The van der Waals surface area contributed by atoms with Crippen LogP contribution in [0.25, 0.3) is 0 Å². The normalized spacial score (nSPS) is 17.6. The third-order valence-electron chi connectivity index (χ3n) is 7.85. The fourth-order valence-corrected chi connectivity index (χ4v) is 7.42. The zero-order valence-electron chi connectivity index (χ0n) is 20.6. The topological polar surface area (TPSA) is 23.6 Å². The lowest BCUT2D eigenvalue weighted by molar-refractivity contribution is 0.0780. The highest BCUT2D eigenvalue weighted by molar-refractivity contribution is 7.99. The second-order valence-electron chi connectivity index (χ2n) is 10.1. The predicted molar refractivity (Wildman–Crippen MR) is 152 cm³/mol. The van der Waals surface area contributed by atoms with Gasteiger partial charge in [-0.2, -0.15) is 0 Å². The number of benzene rings is 3. The maximum absolute atomic E-state index is 13.0. The number of likely N-dealkylation sites (tertiary alicyclic amines) is 1. The maximum Gasteiger partial charge on any atom is 0.253 e. The van der Waals surface area contributed by atoms with E-state index in [1.165, 1.54) is 23.5 Å². The summed E-state index contributed by atoms with van der Waals surface area (Å²) in [5.74, 6) is 1.42. The van der Waals surface area contributed by atoms with Crippen molar-refractivity contribution >= 4 is 40.9 Å². The number of rotatable bonds is 7. The number of carbonyl (C=O) groups excluding carboxylic acids is 1. The molecule has 1 amide bonds. The second kappa shape index (κ2) is 11.2. The van der Waals surface area contributed by atoms with Gasteiger partial charge in [-0.15, -0.1) is 11.8 Å². The van der Waals surface area contributed by atoms with Crippen LogP contribution in [0.3, 0.4) is 0 Å². The van der Waals surface area contributed by atoms with E-state index in [2.05, 4.69) is 35.2 Å². The van der Waals surface area contributed by atoms with Gasteiger partial charge in [-0.1, -0.05) is 65.7 Å². The van der Waals surface area contributed by atoms with E-state index >= 15 is 0 Å². The molecule has 0 radical (unpaired) electrons. The van der Waals surface area contributed by atoms with Gasteiger partial charge in [-0.3, -0.25) is 4.79 Å². The number of piperidine rings is 1. The molecule has 2 aliphatic heterocycles. The van der Waals surface area contributed by atoms with Crippen LogP contribution in [0.15, 0.2) is 77.7 Å². The summed E-state index contributed by atoms with van der Waals surface area (Å²) in [6.07, 6.45) is 3.38. The molecule has 2 heterocycles. The molecule has 0 aromatic heterocycles. The third-order valence-corrected chi connectivity index (χ3v) is 9.95. The number of halogens is 2. The zero-order chi connectivity index (χ0) is 25.1. The summed E-state index contributed by atoms with van der Waals surface area (Å²) in [6, 6.07) is 24.3. The van der Waals surface area contributed by atoms with Gasteiger partial charge in [0.25, 0.3) is 5.91 Å². The average molecular weight is 540 g/mol. The quantitative estimate of drug-likeness (QED) is 0.313. The van der Waals surface area contributed by atoms with Crippen molar-refractivity contribution in [3.05, 3.63) is 99.5 Å². The molecule has 1 atom stereocenters. The molecule has 1 saturated heterocycles. The molecule has 1 spiro atoms. The van der Waals surface area contributed by atoms with E-state index < -0.39 is 0 Å². The minimum absolute atomic E-state index is 0.0398. The largest absolute Gasteiger partial charge is 0.341 e. The van der Waals surface area contributed by atoms with E-state index in [0.29, 0.717) is 27.6 Å². The molecule has 2 aliphatic rings. The number of likely N-dealkylation sites (N-methyl/N-ethyl adjacent to an activating group) is 1. The van der Waals surface area contributed by atoms with Crippen molar-refractivity contribution in [1.29, 1.82) is 0 Å². The number of thioether (sulfide) groups is 1. The van der Waals surface area contributed by atoms with Gasteiger partial charge in [0.1, 0.15) is 0 Å². The fourth-order valence-electron chi connectivity index (χ4n) is 5.63. The number of hydrogen-bond donors (Lipinski definition) is 0. The van der Waals surface area contributed by atoms with Crippen molar-refractivity contribution in [3.8, 4) is 0 Å². The summed E-state index contributed by atoms with van der Waals surface area (Å²) in [4.78, 5) is 18.9. The van der Waals surface area contributed by atoms with E-state index in [1.54, 1.807) is 5.56 Å². The Labute approximate surface area is 228 Å². The first-order valence-electron chi connectivity index (χ1n) is 12.7. The van der Waals surface area contributed by atoms with E-state index in [1.807, 2.05) is 66.2 Å². The predicted octanol–water partition coefficient (Wildman–Crippen LogP) is 7.38. The number of fused-ring (bicyclic) bond motifs is 2. The summed E-state index contributed by atoms with van der Waals surface area (Å²) >= 11 is 14.6. The molecule has 6 heteroatoms. The highest BCUT2D eigenvalue weighted by Gasteiger charge is 2.41. The molecular weight excluding hydrogens is 507 g/mol. The lowest BCUT2D eigenvalue weighted by atomic mass is 9.74. The number of nitrogens with zero attached hydrogens (tertiary/aromatic N) is 2. The minimum atomic E-state index is 0.0398. The molecule has 0 unspecified atom stereocenters.